The molecular weight excluding hydrogens is 292 g/mol. The van der Waals surface area contributed by atoms with Crippen LogP contribution in [0.1, 0.15) is 46.2 Å². The Bertz CT molecular complexity index is 521. The minimum absolute atomic E-state index is 0.194. The molecule has 0 bridgehead atoms. The van der Waals surface area contributed by atoms with Gasteiger partial charge in [0.1, 0.15) is 5.60 Å². The number of hydrogen-bond donors (Lipinski definition) is 1. The molecule has 6 heteroatoms. The number of rotatable bonds is 5. The molecule has 6 nitrogen and oxygen atoms in total. The van der Waals surface area contributed by atoms with E-state index in [9.17, 15) is 4.79 Å². The van der Waals surface area contributed by atoms with Crippen LogP contribution in [0.2, 0.25) is 0 Å². The van der Waals surface area contributed by atoms with Crippen molar-refractivity contribution in [3.63, 3.8) is 0 Å². The van der Waals surface area contributed by atoms with Gasteiger partial charge in [-0.05, 0) is 40.5 Å². The topological polar surface area (TPSA) is 59.4 Å². The molecule has 2 rings (SSSR count). The van der Waals surface area contributed by atoms with Crippen LogP contribution in [-0.4, -0.2) is 51.3 Å². The first-order valence-electron chi connectivity index (χ1n) is 8.46. The first kappa shape index (κ1) is 17.8. The number of amides is 1. The minimum Gasteiger partial charge on any atom is -0.444 e. The van der Waals surface area contributed by atoms with Crippen LogP contribution in [0, 0.1) is 0 Å². The van der Waals surface area contributed by atoms with Crippen LogP contribution in [0.3, 0.4) is 0 Å². The third-order valence-electron chi connectivity index (χ3n) is 4.27. The van der Waals surface area contributed by atoms with Gasteiger partial charge in [0, 0.05) is 44.5 Å². The van der Waals surface area contributed by atoms with E-state index in [0.717, 1.165) is 32.4 Å². The van der Waals surface area contributed by atoms with Crippen molar-refractivity contribution in [1.29, 1.82) is 0 Å². The number of carbonyl (C=O) groups excluding carboxylic acids is 1. The molecule has 1 aliphatic rings. The lowest BCUT2D eigenvalue weighted by Crippen LogP contribution is -2.49. The minimum atomic E-state index is -0.444. The third-order valence-corrected chi connectivity index (χ3v) is 4.27. The zero-order valence-corrected chi connectivity index (χ0v) is 15.0. The van der Waals surface area contributed by atoms with Crippen LogP contribution in [0.4, 0.5) is 4.79 Å². The van der Waals surface area contributed by atoms with Gasteiger partial charge >= 0.3 is 6.09 Å². The lowest BCUT2D eigenvalue weighted by Gasteiger charge is -2.32. The van der Waals surface area contributed by atoms with Gasteiger partial charge in [-0.15, -0.1) is 0 Å². The molecule has 23 heavy (non-hydrogen) atoms. The fourth-order valence-electron chi connectivity index (χ4n) is 3.05. The maximum Gasteiger partial charge on any atom is 0.410 e. The first-order chi connectivity index (χ1) is 10.8. The lowest BCUT2D eigenvalue weighted by atomic mass is 10.1. The molecular formula is C17H30N4O2. The lowest BCUT2D eigenvalue weighted by molar-refractivity contribution is 0.0201. The summed E-state index contributed by atoms with van der Waals surface area (Å²) in [6.45, 7) is 9.53. The van der Waals surface area contributed by atoms with E-state index in [1.807, 2.05) is 49.8 Å². The Balaban J connectivity index is 1.84. The van der Waals surface area contributed by atoms with Gasteiger partial charge in [-0.1, -0.05) is 0 Å². The van der Waals surface area contributed by atoms with E-state index < -0.39 is 5.60 Å². The molecule has 0 aliphatic carbocycles. The predicted molar refractivity (Wildman–Crippen MR) is 90.3 cm³/mol. The monoisotopic (exact) mass is 322 g/mol. The van der Waals surface area contributed by atoms with Crippen LogP contribution in [0.25, 0.3) is 0 Å². The highest BCUT2D eigenvalue weighted by Gasteiger charge is 2.35. The summed E-state index contributed by atoms with van der Waals surface area (Å²) in [5.41, 5.74) is 0.764. The van der Waals surface area contributed by atoms with Crippen LogP contribution in [0.15, 0.2) is 12.5 Å². The number of likely N-dealkylation sites (tertiary alicyclic amines) is 1. The molecule has 1 aromatic rings. The highest BCUT2D eigenvalue weighted by Crippen LogP contribution is 2.23. The average Bonchev–Trinajstić information content (AvgIpc) is 3.06. The summed E-state index contributed by atoms with van der Waals surface area (Å²) in [6, 6.07) is 0.453. The molecule has 1 aromatic heterocycles. The zero-order valence-electron chi connectivity index (χ0n) is 15.0. The van der Waals surface area contributed by atoms with Crippen LogP contribution >= 0.6 is 0 Å². The van der Waals surface area contributed by atoms with Gasteiger partial charge in [-0.2, -0.15) is 0 Å². The van der Waals surface area contributed by atoms with Crippen molar-refractivity contribution >= 4 is 6.09 Å². The van der Waals surface area contributed by atoms with Gasteiger partial charge in [0.25, 0.3) is 0 Å². The van der Waals surface area contributed by atoms with Gasteiger partial charge in [0.15, 0.2) is 0 Å². The Morgan fingerprint density at radius 2 is 2.26 bits per heavy atom. The summed E-state index contributed by atoms with van der Waals surface area (Å²) < 4.78 is 7.57. The number of nitrogens with one attached hydrogen (secondary N) is 1. The Kier molecular flexibility index (Phi) is 5.68. The average molecular weight is 322 g/mol. The number of aryl methyl sites for hydroxylation is 1. The summed E-state index contributed by atoms with van der Waals surface area (Å²) in [4.78, 5) is 18.4. The maximum absolute atomic E-state index is 12.3. The predicted octanol–water partition coefficient (Wildman–Crippen LogP) is 2.34. The molecule has 1 aliphatic heterocycles. The number of imidazole rings is 1. The van der Waals surface area contributed by atoms with E-state index in [2.05, 4.69) is 17.2 Å². The highest BCUT2D eigenvalue weighted by atomic mass is 16.6. The van der Waals surface area contributed by atoms with Crippen molar-refractivity contribution in [1.82, 2.24) is 19.8 Å². The van der Waals surface area contributed by atoms with Crippen molar-refractivity contribution in [2.45, 2.75) is 64.6 Å². The number of ether oxygens (including phenoxy) is 1. The van der Waals surface area contributed by atoms with E-state index >= 15 is 0 Å². The SMILES string of the molecule is C[C@@H](NCCc1cncn1C)[C@@H]1CCCN1C(=O)OC(C)(C)C. The van der Waals surface area contributed by atoms with Gasteiger partial charge in [-0.3, -0.25) is 0 Å². The van der Waals surface area contributed by atoms with E-state index in [0.29, 0.717) is 0 Å². The quantitative estimate of drug-likeness (QED) is 0.904. The van der Waals surface area contributed by atoms with Gasteiger partial charge < -0.3 is 19.5 Å². The molecule has 0 unspecified atom stereocenters. The molecule has 0 aromatic carbocycles. The van der Waals surface area contributed by atoms with E-state index in [-0.39, 0.29) is 18.2 Å². The summed E-state index contributed by atoms with van der Waals surface area (Å²) >= 11 is 0. The number of hydrogen-bond acceptors (Lipinski definition) is 4. The second-order valence-electron chi connectivity index (χ2n) is 7.37. The van der Waals surface area contributed by atoms with Crippen molar-refractivity contribution in [3.05, 3.63) is 18.2 Å². The smallest absolute Gasteiger partial charge is 0.410 e. The third kappa shape index (κ3) is 4.96. The van der Waals surface area contributed by atoms with Gasteiger partial charge in [0.05, 0.1) is 12.4 Å². The highest BCUT2D eigenvalue weighted by molar-refractivity contribution is 5.69. The molecule has 0 spiro atoms. The van der Waals surface area contributed by atoms with E-state index in [1.165, 1.54) is 5.69 Å². The molecule has 1 saturated heterocycles. The maximum atomic E-state index is 12.3. The molecule has 0 radical (unpaired) electrons. The molecule has 1 N–H and O–H groups in total. The van der Waals surface area contributed by atoms with Crippen LogP contribution in [-0.2, 0) is 18.2 Å². The molecule has 2 heterocycles. The molecule has 1 amide bonds. The van der Waals surface area contributed by atoms with Crippen molar-refractivity contribution in [2.24, 2.45) is 7.05 Å². The molecule has 0 saturated carbocycles. The summed E-state index contributed by atoms with van der Waals surface area (Å²) in [6.07, 6.45) is 6.52. The second-order valence-corrected chi connectivity index (χ2v) is 7.37. The van der Waals surface area contributed by atoms with Gasteiger partial charge in [0.2, 0.25) is 0 Å². The Labute approximate surface area is 139 Å². The van der Waals surface area contributed by atoms with Crippen LogP contribution in [0.5, 0.6) is 0 Å². The number of aromatic nitrogens is 2. The van der Waals surface area contributed by atoms with Crippen molar-refractivity contribution < 1.29 is 9.53 Å². The second kappa shape index (κ2) is 7.34. The normalized spacial score (nSPS) is 19.9. The fraction of sp³-hybridized carbons (Fsp3) is 0.765. The number of nitrogens with zero attached hydrogens (tertiary/aromatic N) is 3. The number of carbonyl (C=O) groups is 1. The Hall–Kier alpha value is -1.56. The van der Waals surface area contributed by atoms with Crippen molar-refractivity contribution in [2.75, 3.05) is 13.1 Å². The van der Waals surface area contributed by atoms with E-state index in [1.54, 1.807) is 0 Å². The standard InChI is InChI=1S/C17H30N4O2/c1-13(19-9-8-14-11-18-12-20(14)5)15-7-6-10-21(15)16(22)23-17(2,3)4/h11-13,15,19H,6-10H2,1-5H3/t13-,15+/m1/s1. The first-order valence-corrected chi connectivity index (χ1v) is 8.46. The van der Waals surface area contributed by atoms with Crippen LogP contribution < -0.4 is 5.32 Å². The van der Waals surface area contributed by atoms with Gasteiger partial charge in [-0.25, -0.2) is 9.78 Å². The zero-order chi connectivity index (χ0) is 17.0. The molecule has 1 fully saturated rings. The summed E-state index contributed by atoms with van der Waals surface area (Å²) in [7, 11) is 2.01. The van der Waals surface area contributed by atoms with Crippen molar-refractivity contribution in [3.8, 4) is 0 Å². The summed E-state index contributed by atoms with van der Waals surface area (Å²) in [5, 5.41) is 3.55. The summed E-state index contributed by atoms with van der Waals surface area (Å²) in [5.74, 6) is 0. The Morgan fingerprint density at radius 1 is 1.52 bits per heavy atom. The van der Waals surface area contributed by atoms with E-state index in [4.69, 9.17) is 4.74 Å². The molecule has 130 valence electrons. The largest absolute Gasteiger partial charge is 0.444 e. The molecule has 2 atom stereocenters. The fourth-order valence-corrected chi connectivity index (χ4v) is 3.05. The Morgan fingerprint density at radius 3 is 2.87 bits per heavy atom.